The van der Waals surface area contributed by atoms with Crippen LogP contribution in [0.2, 0.25) is 0 Å². The molecule has 1 unspecified atom stereocenters. The highest BCUT2D eigenvalue weighted by Crippen LogP contribution is 2.62. The summed E-state index contributed by atoms with van der Waals surface area (Å²) in [6.07, 6.45) is 1.89. The van der Waals surface area contributed by atoms with E-state index < -0.39 is 16.6 Å². The second kappa shape index (κ2) is 6.28. The zero-order valence-corrected chi connectivity index (χ0v) is 17.4. The van der Waals surface area contributed by atoms with Gasteiger partial charge in [-0.15, -0.1) is 0 Å². The predicted molar refractivity (Wildman–Crippen MR) is 111 cm³/mol. The first-order valence-electron chi connectivity index (χ1n) is 10.1. The predicted octanol–water partition coefficient (Wildman–Crippen LogP) is 2.54. The molecule has 4 heterocycles. The molecule has 156 valence electrons. The van der Waals surface area contributed by atoms with Crippen molar-refractivity contribution in [3.05, 3.63) is 58.9 Å². The van der Waals surface area contributed by atoms with E-state index in [0.717, 1.165) is 22.6 Å². The molecule has 0 aliphatic carbocycles. The Bertz CT molecular complexity index is 1060. The van der Waals surface area contributed by atoms with E-state index in [2.05, 4.69) is 18.8 Å². The molecule has 30 heavy (non-hydrogen) atoms. The number of pyridine rings is 1. The van der Waals surface area contributed by atoms with Crippen molar-refractivity contribution in [2.75, 3.05) is 19.8 Å². The quantitative estimate of drug-likeness (QED) is 0.786. The van der Waals surface area contributed by atoms with Crippen LogP contribution in [0.5, 0.6) is 5.75 Å². The fraction of sp³-hybridized carbons (Fsp3) is 0.435. The van der Waals surface area contributed by atoms with Gasteiger partial charge in [0.15, 0.2) is 5.78 Å². The monoisotopic (exact) mass is 407 g/mol. The number of hydrogen-bond acceptors (Lipinski definition) is 7. The van der Waals surface area contributed by atoms with Gasteiger partial charge in [-0.2, -0.15) is 0 Å². The van der Waals surface area contributed by atoms with Crippen LogP contribution in [0, 0.1) is 12.3 Å². The molecular formula is C23H25N3O4. The van der Waals surface area contributed by atoms with Crippen LogP contribution in [-0.4, -0.2) is 42.2 Å². The lowest BCUT2D eigenvalue weighted by Gasteiger charge is -2.61. The van der Waals surface area contributed by atoms with Crippen molar-refractivity contribution in [3.8, 4) is 5.75 Å². The number of ether oxygens (including phenoxy) is 3. The maximum atomic E-state index is 12.8. The van der Waals surface area contributed by atoms with Gasteiger partial charge >= 0.3 is 0 Å². The number of fused-ring (bicyclic) bond motifs is 3. The lowest BCUT2D eigenvalue weighted by Crippen LogP contribution is -2.71. The molecule has 3 aliphatic rings. The largest absolute Gasteiger partial charge is 0.487 e. The van der Waals surface area contributed by atoms with Crippen molar-refractivity contribution in [1.82, 2.24) is 4.98 Å². The molecule has 1 atom stereocenters. The first-order valence-corrected chi connectivity index (χ1v) is 10.1. The zero-order valence-electron chi connectivity index (χ0n) is 17.4. The van der Waals surface area contributed by atoms with E-state index in [0.29, 0.717) is 25.4 Å². The number of nitrogens with zero attached hydrogens (tertiary/aromatic N) is 2. The van der Waals surface area contributed by atoms with Crippen LogP contribution < -0.4 is 10.5 Å². The number of amidine groups is 1. The number of aliphatic imine (C=N–C) groups is 1. The Morgan fingerprint density at radius 3 is 2.57 bits per heavy atom. The molecule has 3 aliphatic heterocycles. The summed E-state index contributed by atoms with van der Waals surface area (Å²) >= 11 is 0. The van der Waals surface area contributed by atoms with E-state index in [1.807, 2.05) is 37.3 Å². The fourth-order valence-electron chi connectivity index (χ4n) is 4.85. The summed E-state index contributed by atoms with van der Waals surface area (Å²) < 4.78 is 17.7. The Balaban J connectivity index is 1.56. The number of carbonyl (C=O) groups excluding carboxylic acids is 1. The Hall–Kier alpha value is -2.93. The maximum absolute atomic E-state index is 12.8. The number of benzene rings is 1. The van der Waals surface area contributed by atoms with Crippen LogP contribution in [0.4, 0.5) is 0 Å². The van der Waals surface area contributed by atoms with Crippen molar-refractivity contribution in [3.63, 3.8) is 0 Å². The summed E-state index contributed by atoms with van der Waals surface area (Å²) in [4.78, 5) is 21.8. The van der Waals surface area contributed by atoms with E-state index in [9.17, 15) is 4.79 Å². The molecule has 1 aromatic carbocycles. The lowest BCUT2D eigenvalue weighted by molar-refractivity contribution is -0.247. The average Bonchev–Trinajstić information content (AvgIpc) is 3.03. The minimum atomic E-state index is -0.698. The molecule has 2 aromatic rings. The molecule has 1 aromatic heterocycles. The molecule has 1 saturated heterocycles. The molecule has 0 saturated carbocycles. The molecule has 2 spiro atoms. The van der Waals surface area contributed by atoms with Gasteiger partial charge < -0.3 is 19.9 Å². The first-order chi connectivity index (χ1) is 14.3. The number of carbonyl (C=O) groups is 1. The Morgan fingerprint density at radius 1 is 1.17 bits per heavy atom. The molecular weight excluding hydrogens is 382 g/mol. The summed E-state index contributed by atoms with van der Waals surface area (Å²) in [6, 6.07) is 9.70. The minimum Gasteiger partial charge on any atom is -0.487 e. The topological polar surface area (TPSA) is 96.0 Å². The van der Waals surface area contributed by atoms with E-state index >= 15 is 0 Å². The number of aromatic nitrogens is 1. The Labute approximate surface area is 175 Å². The third kappa shape index (κ3) is 2.51. The van der Waals surface area contributed by atoms with Gasteiger partial charge in [-0.3, -0.25) is 9.78 Å². The molecule has 7 heteroatoms. The van der Waals surface area contributed by atoms with Crippen LogP contribution in [0.25, 0.3) is 0 Å². The second-order valence-corrected chi connectivity index (χ2v) is 8.90. The summed E-state index contributed by atoms with van der Waals surface area (Å²) in [5.74, 6) is 0.758. The summed E-state index contributed by atoms with van der Waals surface area (Å²) in [5.41, 5.74) is 7.64. The van der Waals surface area contributed by atoms with Gasteiger partial charge in [0, 0.05) is 29.4 Å². The van der Waals surface area contributed by atoms with Gasteiger partial charge in [0.25, 0.3) is 6.02 Å². The summed E-state index contributed by atoms with van der Waals surface area (Å²) in [5, 5.41) is 0. The third-order valence-corrected chi connectivity index (χ3v) is 6.82. The second-order valence-electron chi connectivity index (χ2n) is 8.90. The number of aryl methyl sites for hydroxylation is 1. The normalized spacial score (nSPS) is 25.1. The number of ketones is 1. The molecule has 2 N–H and O–H groups in total. The number of hydrogen-bond donors (Lipinski definition) is 1. The zero-order chi connectivity index (χ0) is 21.1. The molecule has 0 radical (unpaired) electrons. The van der Waals surface area contributed by atoms with Gasteiger partial charge in [-0.05, 0) is 50.6 Å². The molecule has 1 fully saturated rings. The molecule has 0 amide bonds. The van der Waals surface area contributed by atoms with Crippen LogP contribution in [0.1, 0.15) is 41.0 Å². The average molecular weight is 407 g/mol. The smallest absolute Gasteiger partial charge is 0.283 e. The maximum Gasteiger partial charge on any atom is 0.283 e. The van der Waals surface area contributed by atoms with E-state index in [-0.39, 0.29) is 18.2 Å². The molecule has 0 bridgehead atoms. The SMILES string of the molecule is Cc1ccc(C(=O)Cc2ccc3c(c2)C2(COC(N)=N2)C2(COC2)C(C)(C)O3)cn1. The first kappa shape index (κ1) is 19.1. The van der Waals surface area contributed by atoms with Crippen molar-refractivity contribution in [1.29, 1.82) is 0 Å². The van der Waals surface area contributed by atoms with E-state index in [4.69, 9.17) is 24.9 Å². The van der Waals surface area contributed by atoms with Crippen LogP contribution in [0.15, 0.2) is 41.5 Å². The van der Waals surface area contributed by atoms with Crippen LogP contribution in [0.3, 0.4) is 0 Å². The van der Waals surface area contributed by atoms with Crippen LogP contribution >= 0.6 is 0 Å². The highest BCUT2D eigenvalue weighted by molar-refractivity contribution is 5.97. The van der Waals surface area contributed by atoms with Crippen molar-refractivity contribution in [2.45, 2.75) is 38.3 Å². The van der Waals surface area contributed by atoms with Crippen molar-refractivity contribution in [2.24, 2.45) is 16.1 Å². The van der Waals surface area contributed by atoms with Crippen molar-refractivity contribution >= 4 is 11.8 Å². The highest BCUT2D eigenvalue weighted by atomic mass is 16.5. The van der Waals surface area contributed by atoms with Gasteiger partial charge in [0.1, 0.15) is 23.5 Å². The van der Waals surface area contributed by atoms with Gasteiger partial charge in [-0.25, -0.2) is 4.99 Å². The van der Waals surface area contributed by atoms with Gasteiger partial charge in [0.2, 0.25) is 0 Å². The molecule has 7 nitrogen and oxygen atoms in total. The highest BCUT2D eigenvalue weighted by Gasteiger charge is 2.71. The summed E-state index contributed by atoms with van der Waals surface area (Å²) in [6.45, 7) is 7.38. The van der Waals surface area contributed by atoms with Gasteiger partial charge in [0.05, 0.1) is 18.6 Å². The number of rotatable bonds is 3. The Kier molecular flexibility index (Phi) is 3.99. The number of nitrogens with two attached hydrogens (primary N) is 1. The fourth-order valence-corrected chi connectivity index (χ4v) is 4.85. The lowest BCUT2D eigenvalue weighted by atomic mass is 9.55. The minimum absolute atomic E-state index is 0.0148. The van der Waals surface area contributed by atoms with E-state index in [1.54, 1.807) is 6.20 Å². The molecule has 5 rings (SSSR count). The van der Waals surface area contributed by atoms with Gasteiger partial charge in [-0.1, -0.05) is 6.07 Å². The number of Topliss-reactive ketones (excluding diaryl/α,β-unsaturated/α-hetero) is 1. The van der Waals surface area contributed by atoms with Crippen molar-refractivity contribution < 1.29 is 19.0 Å². The standard InChI is InChI=1S/C23H25N3O4/c1-14-4-6-16(10-25-14)18(27)9-15-5-7-19-17(8-15)23(13-29-20(24)26-23)22(11-28-12-22)21(2,3)30-19/h4-8,10H,9,11-13H2,1-3H3,(H2,24,26). The third-order valence-electron chi connectivity index (χ3n) is 6.82. The van der Waals surface area contributed by atoms with E-state index in [1.165, 1.54) is 0 Å². The van der Waals surface area contributed by atoms with Crippen LogP contribution in [-0.2, 0) is 21.4 Å². The Morgan fingerprint density at radius 2 is 1.97 bits per heavy atom. The summed E-state index contributed by atoms with van der Waals surface area (Å²) in [7, 11) is 0.